The molecule has 0 aliphatic carbocycles. The highest BCUT2D eigenvalue weighted by atomic mass is 32.1. The third kappa shape index (κ3) is 1.24. The van der Waals surface area contributed by atoms with Crippen molar-refractivity contribution >= 4 is 32.5 Å². The van der Waals surface area contributed by atoms with Crippen LogP contribution in [0, 0.1) is 0 Å². The van der Waals surface area contributed by atoms with Crippen molar-refractivity contribution in [1.82, 2.24) is 14.2 Å². The summed E-state index contributed by atoms with van der Waals surface area (Å²) in [5.41, 5.74) is 6.70. The number of hydrogen-bond donors (Lipinski definition) is 1. The minimum atomic E-state index is 0.602. The molecular weight excluding hydrogens is 208 g/mol. The lowest BCUT2D eigenvalue weighted by molar-refractivity contribution is 0.647. The van der Waals surface area contributed by atoms with Gasteiger partial charge in [0.2, 0.25) is 0 Å². The molecule has 4 nitrogen and oxygen atoms in total. The molecule has 0 radical (unpaired) electrons. The molecule has 0 fully saturated rings. The molecule has 76 valence electrons. The molecule has 0 aliphatic heterocycles. The standard InChI is InChI=1S/C10H10N4S/c11-3-4-14-10-7(5-12-14)1-2-9-8(10)6-13-15-9/h1-2,5-6H,3-4,11H2. The second kappa shape index (κ2) is 3.29. The average molecular weight is 218 g/mol. The number of benzene rings is 1. The predicted molar refractivity (Wildman–Crippen MR) is 62.0 cm³/mol. The molecule has 0 atom stereocenters. The van der Waals surface area contributed by atoms with E-state index in [1.165, 1.54) is 21.6 Å². The van der Waals surface area contributed by atoms with Gasteiger partial charge in [0, 0.05) is 17.3 Å². The fourth-order valence-corrected chi connectivity index (χ4v) is 2.47. The minimum Gasteiger partial charge on any atom is -0.329 e. The first-order chi connectivity index (χ1) is 7.40. The fraction of sp³-hybridized carbons (Fsp3) is 0.200. The van der Waals surface area contributed by atoms with Crippen LogP contribution in [0.1, 0.15) is 0 Å². The number of rotatable bonds is 2. The van der Waals surface area contributed by atoms with Gasteiger partial charge in [0.15, 0.2) is 0 Å². The largest absolute Gasteiger partial charge is 0.329 e. The monoisotopic (exact) mass is 218 g/mol. The van der Waals surface area contributed by atoms with E-state index in [1.54, 1.807) is 0 Å². The van der Waals surface area contributed by atoms with Crippen molar-refractivity contribution in [3.63, 3.8) is 0 Å². The molecule has 0 bridgehead atoms. The molecule has 0 spiro atoms. The molecule has 15 heavy (non-hydrogen) atoms. The van der Waals surface area contributed by atoms with Crippen molar-refractivity contribution in [2.24, 2.45) is 5.73 Å². The van der Waals surface area contributed by atoms with Gasteiger partial charge < -0.3 is 5.73 Å². The van der Waals surface area contributed by atoms with E-state index < -0.39 is 0 Å². The summed E-state index contributed by atoms with van der Waals surface area (Å²) in [6, 6.07) is 4.17. The van der Waals surface area contributed by atoms with Crippen LogP contribution in [0.5, 0.6) is 0 Å². The summed E-state index contributed by atoms with van der Waals surface area (Å²) in [7, 11) is 0. The van der Waals surface area contributed by atoms with E-state index in [1.807, 2.05) is 17.1 Å². The van der Waals surface area contributed by atoms with E-state index >= 15 is 0 Å². The van der Waals surface area contributed by atoms with Gasteiger partial charge in [-0.2, -0.15) is 9.47 Å². The van der Waals surface area contributed by atoms with Crippen LogP contribution < -0.4 is 5.73 Å². The van der Waals surface area contributed by atoms with Gasteiger partial charge >= 0.3 is 0 Å². The number of fused-ring (bicyclic) bond motifs is 3. The van der Waals surface area contributed by atoms with Crippen LogP contribution in [0.25, 0.3) is 21.0 Å². The predicted octanol–water partition coefficient (Wildman–Crippen LogP) is 1.60. The highest BCUT2D eigenvalue weighted by Crippen LogP contribution is 2.27. The molecule has 3 aromatic rings. The van der Waals surface area contributed by atoms with Gasteiger partial charge in [0.05, 0.1) is 29.2 Å². The lowest BCUT2D eigenvalue weighted by Crippen LogP contribution is -2.10. The van der Waals surface area contributed by atoms with Crippen molar-refractivity contribution in [3.8, 4) is 0 Å². The molecule has 2 N–H and O–H groups in total. The zero-order valence-corrected chi connectivity index (χ0v) is 8.87. The number of nitrogens with two attached hydrogens (primary N) is 1. The Morgan fingerprint density at radius 2 is 2.27 bits per heavy atom. The quantitative estimate of drug-likeness (QED) is 0.711. The van der Waals surface area contributed by atoms with E-state index in [-0.39, 0.29) is 0 Å². The summed E-state index contributed by atoms with van der Waals surface area (Å²) in [6.07, 6.45) is 3.78. The fourth-order valence-electron chi connectivity index (χ4n) is 1.82. The zero-order valence-electron chi connectivity index (χ0n) is 8.05. The molecular formula is C10H10N4S. The lowest BCUT2D eigenvalue weighted by Gasteiger charge is -2.01. The van der Waals surface area contributed by atoms with Crippen LogP contribution >= 0.6 is 11.5 Å². The molecule has 0 aliphatic rings. The van der Waals surface area contributed by atoms with Crippen molar-refractivity contribution < 1.29 is 0 Å². The maximum absolute atomic E-state index is 5.56. The van der Waals surface area contributed by atoms with E-state index in [0.29, 0.717) is 6.54 Å². The van der Waals surface area contributed by atoms with Gasteiger partial charge in [-0.1, -0.05) is 0 Å². The van der Waals surface area contributed by atoms with Crippen molar-refractivity contribution in [2.45, 2.75) is 6.54 Å². The van der Waals surface area contributed by atoms with Crippen LogP contribution in [-0.2, 0) is 6.54 Å². The Bertz CT molecular complexity index is 610. The Kier molecular flexibility index (Phi) is 1.93. The summed E-state index contributed by atoms with van der Waals surface area (Å²) in [4.78, 5) is 0. The summed E-state index contributed by atoms with van der Waals surface area (Å²) >= 11 is 1.51. The van der Waals surface area contributed by atoms with Gasteiger partial charge in [-0.3, -0.25) is 4.68 Å². The summed E-state index contributed by atoms with van der Waals surface area (Å²) in [5.74, 6) is 0. The van der Waals surface area contributed by atoms with Crippen LogP contribution in [0.2, 0.25) is 0 Å². The second-order valence-electron chi connectivity index (χ2n) is 3.40. The average Bonchev–Trinajstić information content (AvgIpc) is 2.83. The number of aromatic nitrogens is 3. The van der Waals surface area contributed by atoms with Gasteiger partial charge in [0.1, 0.15) is 0 Å². The Morgan fingerprint density at radius 3 is 3.13 bits per heavy atom. The van der Waals surface area contributed by atoms with E-state index in [0.717, 1.165) is 17.4 Å². The zero-order chi connectivity index (χ0) is 10.3. The topological polar surface area (TPSA) is 56.7 Å². The molecule has 0 saturated carbocycles. The number of hydrogen-bond acceptors (Lipinski definition) is 4. The van der Waals surface area contributed by atoms with E-state index in [9.17, 15) is 0 Å². The van der Waals surface area contributed by atoms with Gasteiger partial charge in [-0.25, -0.2) is 0 Å². The van der Waals surface area contributed by atoms with Crippen LogP contribution in [0.15, 0.2) is 24.5 Å². The first kappa shape index (κ1) is 8.82. The van der Waals surface area contributed by atoms with Gasteiger partial charge in [-0.15, -0.1) is 0 Å². The van der Waals surface area contributed by atoms with Crippen molar-refractivity contribution in [2.75, 3.05) is 6.54 Å². The van der Waals surface area contributed by atoms with Crippen LogP contribution in [0.4, 0.5) is 0 Å². The molecule has 2 aromatic heterocycles. The molecule has 2 heterocycles. The maximum Gasteiger partial charge on any atom is 0.0785 e. The SMILES string of the molecule is NCCn1ncc2ccc3sncc3c21. The molecule has 0 saturated heterocycles. The molecule has 3 rings (SSSR count). The molecule has 5 heteroatoms. The third-order valence-corrected chi connectivity index (χ3v) is 3.24. The highest BCUT2D eigenvalue weighted by Gasteiger charge is 2.07. The third-order valence-electron chi connectivity index (χ3n) is 2.48. The summed E-state index contributed by atoms with van der Waals surface area (Å²) in [6.45, 7) is 1.35. The Hall–Kier alpha value is -1.46. The van der Waals surface area contributed by atoms with Gasteiger partial charge in [-0.05, 0) is 23.7 Å². The Labute approximate surface area is 90.5 Å². The minimum absolute atomic E-state index is 0.602. The Balaban J connectivity index is 2.41. The first-order valence-corrected chi connectivity index (χ1v) is 5.56. The molecule has 0 amide bonds. The number of nitrogens with zero attached hydrogens (tertiary/aromatic N) is 3. The highest BCUT2D eigenvalue weighted by molar-refractivity contribution is 7.13. The van der Waals surface area contributed by atoms with Crippen LogP contribution in [-0.4, -0.2) is 20.7 Å². The lowest BCUT2D eigenvalue weighted by atomic mass is 10.2. The van der Waals surface area contributed by atoms with Gasteiger partial charge in [0.25, 0.3) is 0 Å². The van der Waals surface area contributed by atoms with Crippen LogP contribution in [0.3, 0.4) is 0 Å². The molecule has 0 unspecified atom stereocenters. The van der Waals surface area contributed by atoms with E-state index in [2.05, 4.69) is 21.6 Å². The second-order valence-corrected chi connectivity index (χ2v) is 4.23. The normalized spacial score (nSPS) is 11.5. The van der Waals surface area contributed by atoms with Crippen molar-refractivity contribution in [1.29, 1.82) is 0 Å². The first-order valence-electron chi connectivity index (χ1n) is 4.79. The summed E-state index contributed by atoms with van der Waals surface area (Å²) in [5, 5.41) is 6.65. The van der Waals surface area contributed by atoms with Crippen molar-refractivity contribution in [3.05, 3.63) is 24.5 Å². The smallest absolute Gasteiger partial charge is 0.0785 e. The summed E-state index contributed by atoms with van der Waals surface area (Å²) < 4.78 is 7.35. The molecule has 1 aromatic carbocycles. The maximum atomic E-state index is 5.56. The van der Waals surface area contributed by atoms with E-state index in [4.69, 9.17) is 5.73 Å². The Morgan fingerprint density at radius 1 is 1.33 bits per heavy atom.